The molecule has 100 valence electrons. The Bertz CT molecular complexity index is 684. The summed E-state index contributed by atoms with van der Waals surface area (Å²) in [5.74, 6) is -9.91. The molecule has 0 aliphatic rings. The Morgan fingerprint density at radius 3 is 2.16 bits per heavy atom. The van der Waals surface area contributed by atoms with E-state index in [0.29, 0.717) is 0 Å². The third kappa shape index (κ3) is 2.07. The number of rotatable bonds is 2. The van der Waals surface area contributed by atoms with Gasteiger partial charge in [-0.2, -0.15) is 0 Å². The normalized spacial score (nSPS) is 10.8. The lowest BCUT2D eigenvalue weighted by atomic mass is 10.0. The van der Waals surface area contributed by atoms with Gasteiger partial charge in [-0.25, -0.2) is 22.4 Å². The van der Waals surface area contributed by atoms with E-state index in [1.165, 1.54) is 6.20 Å². The molecule has 2 aromatic rings. The van der Waals surface area contributed by atoms with E-state index in [1.807, 2.05) is 0 Å². The lowest BCUT2D eigenvalue weighted by Crippen LogP contribution is -2.11. The minimum atomic E-state index is -2.17. The van der Waals surface area contributed by atoms with Gasteiger partial charge in [0.05, 0.1) is 11.3 Å². The van der Waals surface area contributed by atoms with Crippen LogP contribution in [0.3, 0.4) is 0 Å². The summed E-state index contributed by atoms with van der Waals surface area (Å²) in [7, 11) is 0. The number of H-pyrrole nitrogens is 1. The third-order valence-corrected chi connectivity index (χ3v) is 2.68. The molecule has 0 fully saturated rings. The van der Waals surface area contributed by atoms with Crippen LogP contribution in [-0.2, 0) is 0 Å². The molecule has 3 nitrogen and oxygen atoms in total. The fourth-order valence-electron chi connectivity index (χ4n) is 1.61. The Morgan fingerprint density at radius 2 is 1.68 bits per heavy atom. The average molecular weight is 291 g/mol. The molecule has 0 unspecified atom stereocenters. The summed E-state index contributed by atoms with van der Waals surface area (Å²) in [4.78, 5) is 13.6. The zero-order chi connectivity index (χ0) is 14.3. The van der Waals surface area contributed by atoms with E-state index >= 15 is 0 Å². The smallest absolute Gasteiger partial charge is 0.339 e. The van der Waals surface area contributed by atoms with Gasteiger partial charge >= 0.3 is 5.97 Å². The number of aromatic carboxylic acids is 1. The molecular weight excluding hydrogens is 286 g/mol. The minimum absolute atomic E-state index is 0.224. The number of hydrogen-bond donors (Lipinski definition) is 3. The van der Waals surface area contributed by atoms with Crippen molar-refractivity contribution in [2.75, 3.05) is 0 Å². The van der Waals surface area contributed by atoms with Crippen molar-refractivity contribution in [3.63, 3.8) is 0 Å². The van der Waals surface area contributed by atoms with Crippen LogP contribution in [0.2, 0.25) is 0 Å². The maximum absolute atomic E-state index is 13.7. The molecule has 1 aromatic heterocycles. The van der Waals surface area contributed by atoms with E-state index < -0.39 is 40.4 Å². The van der Waals surface area contributed by atoms with Crippen LogP contribution < -0.4 is 0 Å². The number of aromatic nitrogens is 1. The molecule has 0 spiro atoms. The molecule has 1 heterocycles. The second kappa shape index (κ2) is 4.61. The highest BCUT2D eigenvalue weighted by atomic mass is 32.1. The largest absolute Gasteiger partial charge is 0.478 e. The molecule has 0 saturated heterocycles. The number of nitrogens with one attached hydrogen (secondary N) is 1. The highest BCUT2D eigenvalue weighted by Gasteiger charge is 2.30. The number of aromatic amines is 1. The fourth-order valence-corrected chi connectivity index (χ4v) is 1.81. The van der Waals surface area contributed by atoms with Gasteiger partial charge in [-0.1, -0.05) is 0 Å². The third-order valence-electron chi connectivity index (χ3n) is 2.42. The quantitative estimate of drug-likeness (QED) is 0.344. The van der Waals surface area contributed by atoms with E-state index in [9.17, 15) is 22.4 Å². The van der Waals surface area contributed by atoms with Crippen molar-refractivity contribution in [2.45, 2.75) is 4.90 Å². The summed E-state index contributed by atoms with van der Waals surface area (Å²) in [6, 6.07) is 1.16. The number of carbonyl (C=O) groups is 1. The predicted molar refractivity (Wildman–Crippen MR) is 60.3 cm³/mol. The topological polar surface area (TPSA) is 53.1 Å². The van der Waals surface area contributed by atoms with Crippen LogP contribution in [-0.4, -0.2) is 16.1 Å². The van der Waals surface area contributed by atoms with Gasteiger partial charge in [0.2, 0.25) is 0 Å². The van der Waals surface area contributed by atoms with E-state index in [4.69, 9.17) is 5.11 Å². The maximum atomic E-state index is 13.7. The lowest BCUT2D eigenvalue weighted by Gasteiger charge is -2.09. The van der Waals surface area contributed by atoms with Crippen molar-refractivity contribution in [3.8, 4) is 11.3 Å². The summed E-state index contributed by atoms with van der Waals surface area (Å²) >= 11 is 3.89. The molecule has 0 aliphatic heterocycles. The predicted octanol–water partition coefficient (Wildman–Crippen LogP) is 3.22. The van der Waals surface area contributed by atoms with Crippen molar-refractivity contribution < 1.29 is 27.5 Å². The molecule has 19 heavy (non-hydrogen) atoms. The maximum Gasteiger partial charge on any atom is 0.339 e. The van der Waals surface area contributed by atoms with E-state index in [1.54, 1.807) is 0 Å². The van der Waals surface area contributed by atoms with Crippen LogP contribution in [0, 0.1) is 23.3 Å². The van der Waals surface area contributed by atoms with Crippen LogP contribution >= 0.6 is 12.6 Å². The highest BCUT2D eigenvalue weighted by Crippen LogP contribution is 2.32. The molecule has 0 aliphatic carbocycles. The zero-order valence-corrected chi connectivity index (χ0v) is 9.86. The van der Waals surface area contributed by atoms with Crippen LogP contribution in [0.1, 0.15) is 10.4 Å². The first-order chi connectivity index (χ1) is 8.84. The van der Waals surface area contributed by atoms with Crippen molar-refractivity contribution >= 4 is 18.6 Å². The fraction of sp³-hybridized carbons (Fsp3) is 0. The first-order valence-corrected chi connectivity index (χ1v) is 5.26. The Morgan fingerprint density at radius 1 is 1.11 bits per heavy atom. The van der Waals surface area contributed by atoms with Crippen LogP contribution in [0.5, 0.6) is 0 Å². The molecule has 2 rings (SSSR count). The first-order valence-electron chi connectivity index (χ1n) is 4.81. The van der Waals surface area contributed by atoms with Crippen LogP contribution in [0.15, 0.2) is 17.2 Å². The molecule has 0 radical (unpaired) electrons. The Balaban J connectivity index is 2.89. The number of thiol groups is 1. The van der Waals surface area contributed by atoms with E-state index in [2.05, 4.69) is 17.6 Å². The molecule has 0 atom stereocenters. The number of benzene rings is 1. The van der Waals surface area contributed by atoms with Crippen molar-refractivity contribution in [1.82, 2.24) is 4.98 Å². The zero-order valence-electron chi connectivity index (χ0n) is 8.97. The Hall–Kier alpha value is -1.96. The molecular formula is C11H5F4NO2S. The van der Waals surface area contributed by atoms with Crippen LogP contribution in [0.4, 0.5) is 17.6 Å². The monoisotopic (exact) mass is 291 g/mol. The molecule has 0 bridgehead atoms. The number of hydrogen-bond acceptors (Lipinski definition) is 2. The summed E-state index contributed by atoms with van der Waals surface area (Å²) in [5, 5.41) is 8.83. The summed E-state index contributed by atoms with van der Waals surface area (Å²) in [5.41, 5.74) is -2.41. The average Bonchev–Trinajstić information content (AvgIpc) is 2.76. The molecule has 2 N–H and O–H groups in total. The number of carboxylic acids is 1. The van der Waals surface area contributed by atoms with Gasteiger partial charge in [-0.05, 0) is 6.07 Å². The Kier molecular flexibility index (Phi) is 3.27. The summed E-state index contributed by atoms with van der Waals surface area (Å²) in [6.45, 7) is 0. The van der Waals surface area contributed by atoms with Crippen LogP contribution in [0.25, 0.3) is 11.3 Å². The van der Waals surface area contributed by atoms with Gasteiger partial charge in [-0.3, -0.25) is 0 Å². The second-order valence-corrected chi connectivity index (χ2v) is 4.10. The Labute approximate surface area is 109 Å². The van der Waals surface area contributed by atoms with Crippen molar-refractivity contribution in [1.29, 1.82) is 0 Å². The van der Waals surface area contributed by atoms with Gasteiger partial charge in [0, 0.05) is 11.1 Å². The van der Waals surface area contributed by atoms with Gasteiger partial charge in [-0.15, -0.1) is 12.6 Å². The second-order valence-electron chi connectivity index (χ2n) is 3.58. The SMILES string of the molecule is O=C(O)c1c(F)c(F)c(F)c(F)c1-c1cc(S)c[nH]1. The summed E-state index contributed by atoms with van der Waals surface area (Å²) in [6.07, 6.45) is 1.25. The highest BCUT2D eigenvalue weighted by molar-refractivity contribution is 7.80. The summed E-state index contributed by atoms with van der Waals surface area (Å²) < 4.78 is 53.3. The van der Waals surface area contributed by atoms with Gasteiger partial charge in [0.1, 0.15) is 5.56 Å². The molecule has 8 heteroatoms. The molecule has 0 amide bonds. The number of halogens is 4. The molecule has 0 saturated carbocycles. The van der Waals surface area contributed by atoms with Gasteiger partial charge < -0.3 is 10.1 Å². The first kappa shape index (κ1) is 13.5. The minimum Gasteiger partial charge on any atom is -0.478 e. The lowest BCUT2D eigenvalue weighted by molar-refractivity contribution is 0.0690. The standard InChI is InChI=1S/C11H5F4NO2S/c12-7-5(4-1-3(19)2-16-4)6(11(17)18)8(13)10(15)9(7)14/h1-2,16,19H,(H,17,18). The van der Waals surface area contributed by atoms with E-state index in [0.717, 1.165) is 6.07 Å². The van der Waals surface area contributed by atoms with Crippen molar-refractivity contribution in [2.24, 2.45) is 0 Å². The van der Waals surface area contributed by atoms with E-state index in [-0.39, 0.29) is 10.6 Å². The van der Waals surface area contributed by atoms with Crippen molar-refractivity contribution in [3.05, 3.63) is 41.1 Å². The van der Waals surface area contributed by atoms with Gasteiger partial charge in [0.15, 0.2) is 23.3 Å². The number of carboxylic acid groups (broad SMARTS) is 1. The van der Waals surface area contributed by atoms with Gasteiger partial charge in [0.25, 0.3) is 0 Å². The molecule has 1 aromatic carbocycles.